The fraction of sp³-hybridized carbons (Fsp3) is 0.410. The van der Waals surface area contributed by atoms with Gasteiger partial charge in [-0.1, -0.05) is 170 Å². The van der Waals surface area contributed by atoms with E-state index in [1.165, 1.54) is 123 Å². The second-order valence-corrected chi connectivity index (χ2v) is 12.5. The highest BCUT2D eigenvalue weighted by atomic mass is 14.9. The SMILES string of the molecule is CCCCCCCC[B-]1(CCCCCCCC)c2cc(-c3ccccc3)ccc2-c2ccc(-c3ccccc3)c[n+]21. The van der Waals surface area contributed by atoms with Crippen molar-refractivity contribution in [2.24, 2.45) is 0 Å². The fourth-order valence-electron chi connectivity index (χ4n) is 7.42. The van der Waals surface area contributed by atoms with Crippen LogP contribution in [0.15, 0.2) is 97.2 Å². The minimum absolute atomic E-state index is 0.905. The van der Waals surface area contributed by atoms with Crippen LogP contribution in [0.25, 0.3) is 33.5 Å². The highest BCUT2D eigenvalue weighted by Crippen LogP contribution is 2.35. The normalized spacial score (nSPS) is 13.2. The molecule has 0 saturated carbocycles. The molecule has 3 aromatic carbocycles. The molecule has 214 valence electrons. The van der Waals surface area contributed by atoms with Crippen LogP contribution in [0.5, 0.6) is 0 Å². The Morgan fingerprint density at radius 2 is 1.00 bits per heavy atom. The van der Waals surface area contributed by atoms with Crippen LogP contribution >= 0.6 is 0 Å². The maximum absolute atomic E-state index is 2.78. The molecule has 2 heteroatoms. The molecule has 0 N–H and O–H groups in total. The van der Waals surface area contributed by atoms with E-state index in [1.54, 1.807) is 5.46 Å². The van der Waals surface area contributed by atoms with Crippen molar-refractivity contribution >= 4 is 11.7 Å². The molecule has 1 nitrogen and oxygen atoms in total. The lowest BCUT2D eigenvalue weighted by Gasteiger charge is -2.32. The lowest BCUT2D eigenvalue weighted by atomic mass is 9.27. The molecule has 1 aliphatic heterocycles. The lowest BCUT2D eigenvalue weighted by molar-refractivity contribution is -0.530. The summed E-state index contributed by atoms with van der Waals surface area (Å²) in [5, 5.41) is 0. The fourth-order valence-corrected chi connectivity index (χ4v) is 7.42. The van der Waals surface area contributed by atoms with Gasteiger partial charge < -0.3 is 4.48 Å². The molecule has 4 aromatic rings. The molecule has 0 amide bonds. The molecule has 0 saturated heterocycles. The van der Waals surface area contributed by atoms with E-state index in [0.29, 0.717) is 0 Å². The zero-order valence-corrected chi connectivity index (χ0v) is 25.7. The third-order valence-corrected chi connectivity index (χ3v) is 9.70. The van der Waals surface area contributed by atoms with Crippen LogP contribution in [0.2, 0.25) is 12.6 Å². The van der Waals surface area contributed by atoms with E-state index in [0.717, 1.165) is 0 Å². The molecule has 1 aliphatic rings. The van der Waals surface area contributed by atoms with Gasteiger partial charge in [0, 0.05) is 17.2 Å². The lowest BCUT2D eigenvalue weighted by Crippen LogP contribution is -2.68. The van der Waals surface area contributed by atoms with Crippen LogP contribution in [0, 0.1) is 0 Å². The van der Waals surface area contributed by atoms with Gasteiger partial charge in [-0.25, -0.2) is 0 Å². The van der Waals surface area contributed by atoms with Gasteiger partial charge in [-0.2, -0.15) is 0 Å². The maximum Gasteiger partial charge on any atom is 0.306 e. The van der Waals surface area contributed by atoms with E-state index in [4.69, 9.17) is 0 Å². The van der Waals surface area contributed by atoms with E-state index >= 15 is 0 Å². The molecular weight excluding hydrogens is 493 g/mol. The van der Waals surface area contributed by atoms with Crippen molar-refractivity contribution in [2.75, 3.05) is 0 Å². The Balaban J connectivity index is 1.55. The van der Waals surface area contributed by atoms with Gasteiger partial charge in [-0.3, -0.25) is 0 Å². The standard InChI is InChI=1S/C39H50BN/c1-3-5-7-9-11-19-29-40(30-20-12-10-8-6-4-2)38-31-35(33-21-15-13-16-22-33)25-27-37(38)39-28-26-36(32-41(39)40)34-23-17-14-18-24-34/h13-18,21-28,31-32H,3-12,19-20,29-30H2,1-2H3. The van der Waals surface area contributed by atoms with Gasteiger partial charge in [0.2, 0.25) is 0 Å². The Bertz CT molecular complexity index is 1250. The Labute approximate surface area is 250 Å². The van der Waals surface area contributed by atoms with Crippen LogP contribution in [0.1, 0.15) is 90.9 Å². The zero-order valence-electron chi connectivity index (χ0n) is 25.7. The summed E-state index contributed by atoms with van der Waals surface area (Å²) in [6.07, 6.45) is 20.4. The van der Waals surface area contributed by atoms with Gasteiger partial charge in [-0.15, -0.1) is 18.1 Å². The largest absolute Gasteiger partial charge is 0.415 e. The molecule has 1 aromatic heterocycles. The molecule has 0 fully saturated rings. The van der Waals surface area contributed by atoms with Crippen LogP contribution in [-0.4, -0.2) is 6.28 Å². The number of nitrogens with zero attached hydrogens (tertiary/aromatic N) is 1. The molecule has 41 heavy (non-hydrogen) atoms. The van der Waals surface area contributed by atoms with Crippen molar-refractivity contribution in [3.8, 4) is 33.5 Å². The highest BCUT2D eigenvalue weighted by Gasteiger charge is 2.46. The van der Waals surface area contributed by atoms with Crippen molar-refractivity contribution < 1.29 is 4.48 Å². The summed E-state index contributed by atoms with van der Waals surface area (Å²) < 4.78 is 2.78. The summed E-state index contributed by atoms with van der Waals surface area (Å²) in [6.45, 7) is 4.63. The van der Waals surface area contributed by atoms with E-state index in [1.807, 2.05) is 0 Å². The summed E-state index contributed by atoms with van der Waals surface area (Å²) >= 11 is 0. The Morgan fingerprint density at radius 3 is 1.59 bits per heavy atom. The first-order valence-electron chi connectivity index (χ1n) is 16.8. The third-order valence-electron chi connectivity index (χ3n) is 9.70. The molecule has 0 bridgehead atoms. The molecule has 0 aliphatic carbocycles. The van der Waals surface area contributed by atoms with E-state index in [-0.39, 0.29) is 0 Å². The summed E-state index contributed by atoms with van der Waals surface area (Å²) in [5.41, 5.74) is 9.81. The van der Waals surface area contributed by atoms with Crippen molar-refractivity contribution in [3.63, 3.8) is 0 Å². The van der Waals surface area contributed by atoms with Gasteiger partial charge >= 0.3 is 6.28 Å². The molecule has 0 atom stereocenters. The third kappa shape index (κ3) is 6.86. The zero-order chi connectivity index (χ0) is 28.3. The number of aromatic nitrogens is 1. The molecule has 0 radical (unpaired) electrons. The Morgan fingerprint density at radius 1 is 0.488 bits per heavy atom. The van der Waals surface area contributed by atoms with Crippen LogP contribution in [0.3, 0.4) is 0 Å². The van der Waals surface area contributed by atoms with Crippen molar-refractivity contribution in [3.05, 3.63) is 97.2 Å². The Hall–Kier alpha value is -3.13. The number of fused-ring (bicyclic) bond motifs is 3. The molecule has 2 heterocycles. The number of hydrogen-bond acceptors (Lipinski definition) is 0. The smallest absolute Gasteiger partial charge is 0.306 e. The predicted molar refractivity (Wildman–Crippen MR) is 180 cm³/mol. The van der Waals surface area contributed by atoms with Crippen LogP contribution in [-0.2, 0) is 0 Å². The molecule has 0 spiro atoms. The van der Waals surface area contributed by atoms with Gasteiger partial charge in [0.15, 0.2) is 5.69 Å². The van der Waals surface area contributed by atoms with E-state index < -0.39 is 6.28 Å². The second kappa shape index (κ2) is 14.7. The summed E-state index contributed by atoms with van der Waals surface area (Å²) in [4.78, 5) is 0. The summed E-state index contributed by atoms with van der Waals surface area (Å²) in [6, 6.07) is 34.1. The quantitative estimate of drug-likeness (QED) is 0.0977. The van der Waals surface area contributed by atoms with E-state index in [2.05, 4.69) is 116 Å². The second-order valence-electron chi connectivity index (χ2n) is 12.5. The minimum Gasteiger partial charge on any atom is -0.415 e. The average molecular weight is 544 g/mol. The van der Waals surface area contributed by atoms with Gasteiger partial charge in [-0.05, 0) is 22.8 Å². The summed E-state index contributed by atoms with van der Waals surface area (Å²) in [7, 11) is 0. The van der Waals surface area contributed by atoms with Crippen molar-refractivity contribution in [1.82, 2.24) is 0 Å². The van der Waals surface area contributed by atoms with Crippen LogP contribution in [0.4, 0.5) is 0 Å². The number of benzene rings is 3. The van der Waals surface area contributed by atoms with Crippen molar-refractivity contribution in [1.29, 1.82) is 0 Å². The number of pyridine rings is 1. The number of hydrogen-bond donors (Lipinski definition) is 0. The van der Waals surface area contributed by atoms with Gasteiger partial charge in [0.1, 0.15) is 6.20 Å². The predicted octanol–water partition coefficient (Wildman–Crippen LogP) is 10.7. The molecular formula is C39H50BN. The monoisotopic (exact) mass is 543 g/mol. The minimum atomic E-state index is -0.905. The number of unbranched alkanes of at least 4 members (excludes halogenated alkanes) is 10. The molecule has 5 rings (SSSR count). The first kappa shape index (κ1) is 29.4. The highest BCUT2D eigenvalue weighted by molar-refractivity contribution is 6.87. The first-order valence-corrected chi connectivity index (χ1v) is 16.8. The van der Waals surface area contributed by atoms with Gasteiger partial charge in [0.05, 0.1) is 0 Å². The van der Waals surface area contributed by atoms with Gasteiger partial charge in [0.25, 0.3) is 0 Å². The maximum atomic E-state index is 2.78. The van der Waals surface area contributed by atoms with Crippen LogP contribution < -0.4 is 9.94 Å². The topological polar surface area (TPSA) is 3.88 Å². The first-order chi connectivity index (χ1) is 20.3. The van der Waals surface area contributed by atoms with Crippen molar-refractivity contribution in [2.45, 2.75) is 104 Å². The average Bonchev–Trinajstić information content (AvgIpc) is 3.30. The summed E-state index contributed by atoms with van der Waals surface area (Å²) in [5.74, 6) is 0. The molecule has 0 unspecified atom stereocenters. The number of rotatable bonds is 16. The Kier molecular flexibility index (Phi) is 10.5. The van der Waals surface area contributed by atoms with E-state index in [9.17, 15) is 0 Å².